The summed E-state index contributed by atoms with van der Waals surface area (Å²) < 4.78 is 2.62. The highest BCUT2D eigenvalue weighted by Crippen LogP contribution is 2.34. The Kier molecular flexibility index (Phi) is 7.18. The number of rotatable bonds is 6. The Labute approximate surface area is 145 Å². The number of hydrogen-bond donors (Lipinski definition) is 2. The van der Waals surface area contributed by atoms with Gasteiger partial charge in [0.2, 0.25) is 5.91 Å². The minimum absolute atomic E-state index is 0.0128. The molecule has 0 saturated heterocycles. The summed E-state index contributed by atoms with van der Waals surface area (Å²) in [5, 5.41) is 2.94. The molecule has 0 radical (unpaired) electrons. The summed E-state index contributed by atoms with van der Waals surface area (Å²) in [4.78, 5) is 12.1. The van der Waals surface area contributed by atoms with Crippen molar-refractivity contribution in [2.45, 2.75) is 33.1 Å². The van der Waals surface area contributed by atoms with E-state index >= 15 is 0 Å². The van der Waals surface area contributed by atoms with E-state index in [2.05, 4.69) is 67.0 Å². The molecule has 1 rings (SSSR count). The average Bonchev–Trinajstić information content (AvgIpc) is 2.31. The smallest absolute Gasteiger partial charge is 0.224 e. The van der Waals surface area contributed by atoms with Crippen molar-refractivity contribution in [2.24, 2.45) is 11.1 Å². The molecule has 0 bridgehead atoms. The molecule has 0 atom stereocenters. The van der Waals surface area contributed by atoms with E-state index in [1.54, 1.807) is 0 Å². The molecular formula is C14H19Br3N2O. The minimum atomic E-state index is 0.0128. The SMILES string of the molecule is CC(C)(CCN)CCC(=O)Nc1c(Br)cc(Br)cc1Br. The number of carbonyl (C=O) groups excluding carboxylic acids is 1. The highest BCUT2D eigenvalue weighted by molar-refractivity contribution is 9.11. The zero-order valence-electron chi connectivity index (χ0n) is 11.6. The largest absolute Gasteiger partial charge is 0.330 e. The second kappa shape index (κ2) is 7.92. The second-order valence-corrected chi connectivity index (χ2v) is 8.12. The number of amides is 1. The first-order valence-electron chi connectivity index (χ1n) is 6.39. The first-order chi connectivity index (χ1) is 9.25. The Morgan fingerprint density at radius 2 is 1.75 bits per heavy atom. The molecule has 3 N–H and O–H groups in total. The van der Waals surface area contributed by atoms with Gasteiger partial charge >= 0.3 is 0 Å². The summed E-state index contributed by atoms with van der Waals surface area (Å²) in [5.41, 5.74) is 6.44. The van der Waals surface area contributed by atoms with Gasteiger partial charge < -0.3 is 11.1 Å². The Morgan fingerprint density at radius 3 is 2.25 bits per heavy atom. The maximum atomic E-state index is 12.1. The van der Waals surface area contributed by atoms with Gasteiger partial charge in [-0.05, 0) is 68.8 Å². The van der Waals surface area contributed by atoms with Gasteiger partial charge in [-0.1, -0.05) is 29.8 Å². The van der Waals surface area contributed by atoms with E-state index in [-0.39, 0.29) is 11.3 Å². The monoisotopic (exact) mass is 468 g/mol. The van der Waals surface area contributed by atoms with Crippen LogP contribution in [0.3, 0.4) is 0 Å². The fraction of sp³-hybridized carbons (Fsp3) is 0.500. The summed E-state index contributed by atoms with van der Waals surface area (Å²) in [6.07, 6.45) is 2.23. The first-order valence-corrected chi connectivity index (χ1v) is 8.77. The molecule has 0 aliphatic carbocycles. The van der Waals surface area contributed by atoms with Crippen LogP contribution in [-0.2, 0) is 4.79 Å². The topological polar surface area (TPSA) is 55.1 Å². The Morgan fingerprint density at radius 1 is 1.20 bits per heavy atom. The molecule has 6 heteroatoms. The molecule has 3 nitrogen and oxygen atoms in total. The van der Waals surface area contributed by atoms with Crippen molar-refractivity contribution in [1.82, 2.24) is 0 Å². The number of hydrogen-bond acceptors (Lipinski definition) is 2. The third-order valence-electron chi connectivity index (χ3n) is 3.12. The number of nitrogens with one attached hydrogen (secondary N) is 1. The molecule has 0 heterocycles. The van der Waals surface area contributed by atoms with Crippen LogP contribution in [0.15, 0.2) is 25.6 Å². The maximum absolute atomic E-state index is 12.1. The third kappa shape index (κ3) is 5.84. The van der Waals surface area contributed by atoms with Crippen LogP contribution in [0.25, 0.3) is 0 Å². The lowest BCUT2D eigenvalue weighted by Crippen LogP contribution is -2.20. The van der Waals surface area contributed by atoms with Crippen LogP contribution in [0.4, 0.5) is 5.69 Å². The summed E-state index contributed by atoms with van der Waals surface area (Å²) in [7, 11) is 0. The Balaban J connectivity index is 2.64. The van der Waals surface area contributed by atoms with Gasteiger partial charge in [0, 0.05) is 19.8 Å². The molecular weight excluding hydrogens is 452 g/mol. The van der Waals surface area contributed by atoms with Crippen LogP contribution in [0.2, 0.25) is 0 Å². The Bertz CT molecular complexity index is 466. The molecule has 0 spiro atoms. The van der Waals surface area contributed by atoms with Crippen molar-refractivity contribution in [3.05, 3.63) is 25.6 Å². The molecule has 0 fully saturated rings. The zero-order chi connectivity index (χ0) is 15.3. The molecule has 0 aromatic heterocycles. The summed E-state index contributed by atoms with van der Waals surface area (Å²) in [6, 6.07) is 3.80. The van der Waals surface area contributed by atoms with Gasteiger partial charge in [0.25, 0.3) is 0 Å². The van der Waals surface area contributed by atoms with Gasteiger partial charge in [-0.2, -0.15) is 0 Å². The van der Waals surface area contributed by atoms with Crippen LogP contribution in [0.1, 0.15) is 33.1 Å². The van der Waals surface area contributed by atoms with Crippen molar-refractivity contribution in [2.75, 3.05) is 11.9 Å². The second-order valence-electron chi connectivity index (χ2n) is 5.50. The number of nitrogens with two attached hydrogens (primary N) is 1. The quantitative estimate of drug-likeness (QED) is 0.610. The molecule has 0 unspecified atom stereocenters. The van der Waals surface area contributed by atoms with Crippen molar-refractivity contribution in [3.8, 4) is 0 Å². The van der Waals surface area contributed by atoms with E-state index in [0.29, 0.717) is 13.0 Å². The molecule has 0 saturated carbocycles. The van der Waals surface area contributed by atoms with Crippen LogP contribution < -0.4 is 11.1 Å². The van der Waals surface area contributed by atoms with Crippen LogP contribution in [-0.4, -0.2) is 12.5 Å². The molecule has 1 amide bonds. The van der Waals surface area contributed by atoms with E-state index in [0.717, 1.165) is 31.9 Å². The third-order valence-corrected chi connectivity index (χ3v) is 4.83. The predicted octanol–water partition coefficient (Wildman–Crippen LogP) is 5.07. The first kappa shape index (κ1) is 18.1. The minimum Gasteiger partial charge on any atom is -0.330 e. The van der Waals surface area contributed by atoms with E-state index in [1.165, 1.54) is 0 Å². The lowest BCUT2D eigenvalue weighted by atomic mass is 9.84. The van der Waals surface area contributed by atoms with E-state index in [4.69, 9.17) is 5.73 Å². The zero-order valence-corrected chi connectivity index (χ0v) is 16.4. The van der Waals surface area contributed by atoms with Crippen molar-refractivity contribution < 1.29 is 4.79 Å². The normalized spacial score (nSPS) is 11.5. The van der Waals surface area contributed by atoms with Gasteiger partial charge in [-0.3, -0.25) is 4.79 Å². The molecule has 0 aliphatic heterocycles. The fourth-order valence-electron chi connectivity index (χ4n) is 1.83. The van der Waals surface area contributed by atoms with Gasteiger partial charge in [0.1, 0.15) is 0 Å². The van der Waals surface area contributed by atoms with Gasteiger partial charge in [-0.25, -0.2) is 0 Å². The highest BCUT2D eigenvalue weighted by Gasteiger charge is 2.19. The van der Waals surface area contributed by atoms with Crippen LogP contribution in [0, 0.1) is 5.41 Å². The van der Waals surface area contributed by atoms with Gasteiger partial charge in [0.05, 0.1) is 5.69 Å². The molecule has 112 valence electrons. The van der Waals surface area contributed by atoms with Crippen LogP contribution >= 0.6 is 47.8 Å². The van der Waals surface area contributed by atoms with Crippen LogP contribution in [0.5, 0.6) is 0 Å². The maximum Gasteiger partial charge on any atom is 0.224 e. The number of carbonyl (C=O) groups is 1. The van der Waals surface area contributed by atoms with Gasteiger partial charge in [-0.15, -0.1) is 0 Å². The lowest BCUT2D eigenvalue weighted by Gasteiger charge is -2.23. The molecule has 1 aromatic carbocycles. The average molecular weight is 471 g/mol. The van der Waals surface area contributed by atoms with E-state index in [9.17, 15) is 4.79 Å². The van der Waals surface area contributed by atoms with Crippen molar-refractivity contribution in [3.63, 3.8) is 0 Å². The van der Waals surface area contributed by atoms with Crippen molar-refractivity contribution in [1.29, 1.82) is 0 Å². The summed E-state index contributed by atoms with van der Waals surface area (Å²) in [5.74, 6) is 0.0128. The fourth-order valence-corrected chi connectivity index (χ4v) is 4.29. The number of benzene rings is 1. The summed E-state index contributed by atoms with van der Waals surface area (Å²) in [6.45, 7) is 4.93. The predicted molar refractivity (Wildman–Crippen MR) is 94.9 cm³/mol. The molecule has 20 heavy (non-hydrogen) atoms. The molecule has 0 aliphatic rings. The standard InChI is InChI=1S/C14H19Br3N2O/c1-14(2,5-6-18)4-3-12(20)19-13-10(16)7-9(15)8-11(13)17/h7-8H,3-6,18H2,1-2H3,(H,19,20). The van der Waals surface area contributed by atoms with E-state index < -0.39 is 0 Å². The van der Waals surface area contributed by atoms with Crippen molar-refractivity contribution >= 4 is 59.4 Å². The highest BCUT2D eigenvalue weighted by atomic mass is 79.9. The van der Waals surface area contributed by atoms with Gasteiger partial charge in [0.15, 0.2) is 0 Å². The number of anilines is 1. The summed E-state index contributed by atoms with van der Waals surface area (Å²) >= 11 is 10.3. The number of halogens is 3. The Hall–Kier alpha value is 0.0900. The molecule has 1 aromatic rings. The lowest BCUT2D eigenvalue weighted by molar-refractivity contribution is -0.116. The van der Waals surface area contributed by atoms with E-state index in [1.807, 2.05) is 12.1 Å².